The molecule has 0 saturated carbocycles. The molecule has 0 aromatic heterocycles. The Morgan fingerprint density at radius 3 is 2.28 bits per heavy atom. The van der Waals surface area contributed by atoms with Crippen molar-refractivity contribution < 1.29 is 19.0 Å². The van der Waals surface area contributed by atoms with Gasteiger partial charge in [0.2, 0.25) is 0 Å². The minimum atomic E-state index is -0.152. The van der Waals surface area contributed by atoms with Crippen LogP contribution in [0.25, 0.3) is 0 Å². The Morgan fingerprint density at radius 1 is 0.931 bits per heavy atom. The van der Waals surface area contributed by atoms with Crippen molar-refractivity contribution in [2.45, 2.75) is 6.92 Å². The minimum Gasteiger partial charge on any atom is -0.497 e. The highest BCUT2D eigenvalue weighted by Gasteiger charge is 2.07. The first-order valence-corrected chi connectivity index (χ1v) is 9.30. The molecular formula is C21H28N4O4. The number of ether oxygens (including phenoxy) is 3. The van der Waals surface area contributed by atoms with Gasteiger partial charge in [0.05, 0.1) is 27.9 Å². The number of amides is 1. The fourth-order valence-electron chi connectivity index (χ4n) is 2.54. The van der Waals surface area contributed by atoms with Gasteiger partial charge in [-0.05, 0) is 43.3 Å². The fraction of sp³-hybridized carbons (Fsp3) is 0.333. The van der Waals surface area contributed by atoms with Crippen molar-refractivity contribution in [3.05, 3.63) is 48.0 Å². The first-order chi connectivity index (χ1) is 14.1. The van der Waals surface area contributed by atoms with Crippen LogP contribution in [0.5, 0.6) is 17.2 Å². The Bertz CT molecular complexity index is 822. The molecular weight excluding hydrogens is 372 g/mol. The Kier molecular flexibility index (Phi) is 8.62. The molecule has 0 atom stereocenters. The summed E-state index contributed by atoms with van der Waals surface area (Å²) in [5.74, 6) is 2.45. The third-order valence-corrected chi connectivity index (χ3v) is 4.01. The number of nitrogens with zero attached hydrogens (tertiary/aromatic N) is 1. The van der Waals surface area contributed by atoms with E-state index in [-0.39, 0.29) is 5.91 Å². The average molecular weight is 400 g/mol. The molecule has 0 spiro atoms. The second-order valence-corrected chi connectivity index (χ2v) is 5.94. The molecule has 29 heavy (non-hydrogen) atoms. The van der Waals surface area contributed by atoms with E-state index in [1.165, 1.54) is 0 Å². The summed E-state index contributed by atoms with van der Waals surface area (Å²) in [6.45, 7) is 3.52. The zero-order valence-corrected chi connectivity index (χ0v) is 17.2. The number of carbonyl (C=O) groups excluding carboxylic acids is 1. The predicted octanol–water partition coefficient (Wildman–Crippen LogP) is 2.52. The van der Waals surface area contributed by atoms with Gasteiger partial charge in [-0.1, -0.05) is 0 Å². The van der Waals surface area contributed by atoms with Gasteiger partial charge in [0.1, 0.15) is 5.75 Å². The van der Waals surface area contributed by atoms with Crippen LogP contribution in [0, 0.1) is 0 Å². The Balaban J connectivity index is 1.92. The molecule has 0 aliphatic rings. The lowest BCUT2D eigenvalue weighted by Crippen LogP contribution is -2.32. The van der Waals surface area contributed by atoms with Crippen LogP contribution < -0.4 is 30.2 Å². The zero-order valence-electron chi connectivity index (χ0n) is 17.2. The maximum absolute atomic E-state index is 12.2. The summed E-state index contributed by atoms with van der Waals surface area (Å²) < 4.78 is 15.7. The first-order valence-electron chi connectivity index (χ1n) is 9.30. The van der Waals surface area contributed by atoms with E-state index in [1.807, 2.05) is 25.1 Å². The van der Waals surface area contributed by atoms with Crippen molar-refractivity contribution in [2.24, 2.45) is 4.99 Å². The molecule has 0 saturated heterocycles. The molecule has 0 bridgehead atoms. The zero-order chi connectivity index (χ0) is 21.1. The lowest BCUT2D eigenvalue weighted by Gasteiger charge is -2.14. The van der Waals surface area contributed by atoms with Crippen LogP contribution in [0.4, 0.5) is 5.69 Å². The van der Waals surface area contributed by atoms with Crippen molar-refractivity contribution in [2.75, 3.05) is 46.3 Å². The number of carbonyl (C=O) groups is 1. The van der Waals surface area contributed by atoms with Gasteiger partial charge < -0.3 is 30.2 Å². The second-order valence-electron chi connectivity index (χ2n) is 5.94. The van der Waals surface area contributed by atoms with Crippen molar-refractivity contribution in [1.29, 1.82) is 0 Å². The van der Waals surface area contributed by atoms with Crippen LogP contribution in [0.15, 0.2) is 47.5 Å². The summed E-state index contributed by atoms with van der Waals surface area (Å²) in [5, 5.41) is 9.24. The quantitative estimate of drug-likeness (QED) is 0.340. The molecule has 1 amide bonds. The molecule has 2 aromatic carbocycles. The molecule has 2 rings (SSSR count). The van der Waals surface area contributed by atoms with Gasteiger partial charge in [0.25, 0.3) is 5.91 Å². The van der Waals surface area contributed by atoms with E-state index >= 15 is 0 Å². The number of hydrogen-bond donors (Lipinski definition) is 3. The third kappa shape index (κ3) is 6.60. The summed E-state index contributed by atoms with van der Waals surface area (Å²) in [5.41, 5.74) is 1.38. The van der Waals surface area contributed by atoms with Gasteiger partial charge >= 0.3 is 0 Å². The number of benzene rings is 2. The smallest absolute Gasteiger partial charge is 0.251 e. The van der Waals surface area contributed by atoms with Crippen LogP contribution in [0.3, 0.4) is 0 Å². The summed E-state index contributed by atoms with van der Waals surface area (Å²) in [6, 6.07) is 12.5. The monoisotopic (exact) mass is 400 g/mol. The number of nitrogens with one attached hydrogen (secondary N) is 3. The topological polar surface area (TPSA) is 93.2 Å². The molecule has 0 heterocycles. The molecule has 0 aliphatic heterocycles. The summed E-state index contributed by atoms with van der Waals surface area (Å²) in [6.07, 6.45) is 0. The maximum atomic E-state index is 12.2. The average Bonchev–Trinajstić information content (AvgIpc) is 2.76. The lowest BCUT2D eigenvalue weighted by atomic mass is 10.2. The van der Waals surface area contributed by atoms with E-state index < -0.39 is 0 Å². The van der Waals surface area contributed by atoms with Crippen LogP contribution in [-0.4, -0.2) is 52.8 Å². The normalized spacial score (nSPS) is 10.8. The van der Waals surface area contributed by atoms with E-state index in [0.717, 1.165) is 5.69 Å². The Labute approximate surface area is 171 Å². The fourth-order valence-corrected chi connectivity index (χ4v) is 2.54. The van der Waals surface area contributed by atoms with E-state index in [1.54, 1.807) is 45.6 Å². The van der Waals surface area contributed by atoms with Crippen LogP contribution in [0.2, 0.25) is 0 Å². The van der Waals surface area contributed by atoms with E-state index in [9.17, 15) is 4.79 Å². The molecule has 2 aromatic rings. The molecule has 8 heteroatoms. The molecule has 8 nitrogen and oxygen atoms in total. The Hall–Kier alpha value is -3.42. The Morgan fingerprint density at radius 2 is 1.66 bits per heavy atom. The van der Waals surface area contributed by atoms with Crippen LogP contribution in [0.1, 0.15) is 17.3 Å². The number of aliphatic imine (C=N–C) groups is 1. The van der Waals surface area contributed by atoms with Crippen molar-refractivity contribution >= 4 is 17.6 Å². The van der Waals surface area contributed by atoms with Crippen molar-refractivity contribution in [3.8, 4) is 17.2 Å². The largest absolute Gasteiger partial charge is 0.497 e. The summed E-state index contributed by atoms with van der Waals surface area (Å²) in [4.78, 5) is 16.7. The lowest BCUT2D eigenvalue weighted by molar-refractivity contribution is 0.0955. The molecule has 156 valence electrons. The highest BCUT2D eigenvalue weighted by molar-refractivity contribution is 5.95. The van der Waals surface area contributed by atoms with Crippen LogP contribution in [-0.2, 0) is 0 Å². The first kappa shape index (κ1) is 21.9. The maximum Gasteiger partial charge on any atom is 0.251 e. The van der Waals surface area contributed by atoms with Gasteiger partial charge in [0, 0.05) is 30.4 Å². The van der Waals surface area contributed by atoms with Crippen molar-refractivity contribution in [1.82, 2.24) is 10.6 Å². The predicted molar refractivity (Wildman–Crippen MR) is 114 cm³/mol. The number of rotatable bonds is 9. The van der Waals surface area contributed by atoms with Crippen molar-refractivity contribution in [3.63, 3.8) is 0 Å². The van der Waals surface area contributed by atoms with E-state index in [0.29, 0.717) is 48.4 Å². The number of anilines is 1. The highest BCUT2D eigenvalue weighted by atomic mass is 16.5. The molecule has 3 N–H and O–H groups in total. The number of guanidine groups is 1. The van der Waals surface area contributed by atoms with E-state index in [2.05, 4.69) is 20.9 Å². The molecule has 0 unspecified atom stereocenters. The third-order valence-electron chi connectivity index (χ3n) is 4.01. The van der Waals surface area contributed by atoms with Gasteiger partial charge in [0.15, 0.2) is 17.5 Å². The van der Waals surface area contributed by atoms with Gasteiger partial charge in [-0.15, -0.1) is 0 Å². The van der Waals surface area contributed by atoms with Crippen LogP contribution >= 0.6 is 0 Å². The summed E-state index contributed by atoms with van der Waals surface area (Å²) >= 11 is 0. The highest BCUT2D eigenvalue weighted by Crippen LogP contribution is 2.29. The summed E-state index contributed by atoms with van der Waals surface area (Å²) in [7, 11) is 4.77. The molecule has 0 fully saturated rings. The number of hydrogen-bond acceptors (Lipinski definition) is 5. The SMILES string of the molecule is CCNC(=NCCNC(=O)c1ccc(OC)cc1)Nc1ccc(OC)c(OC)c1. The van der Waals surface area contributed by atoms with E-state index in [4.69, 9.17) is 14.2 Å². The van der Waals surface area contributed by atoms with Gasteiger partial charge in [-0.25, -0.2) is 0 Å². The van der Waals surface area contributed by atoms with Gasteiger partial charge in [-0.2, -0.15) is 0 Å². The standard InChI is InChI=1S/C21H28N4O4/c1-5-22-21(25-16-8-11-18(28-3)19(14-16)29-4)24-13-12-23-20(26)15-6-9-17(27-2)10-7-15/h6-11,14H,5,12-13H2,1-4H3,(H,23,26)(H2,22,24,25). The molecule has 0 aliphatic carbocycles. The second kappa shape index (κ2) is 11.4. The minimum absolute atomic E-state index is 0.152. The molecule has 0 radical (unpaired) electrons. The van der Waals surface area contributed by atoms with Gasteiger partial charge in [-0.3, -0.25) is 9.79 Å². The number of methoxy groups -OCH3 is 3.